The van der Waals surface area contributed by atoms with Crippen LogP contribution in [0.1, 0.15) is 25.5 Å². The molecule has 1 aliphatic heterocycles. The first-order valence-corrected chi connectivity index (χ1v) is 7.91. The summed E-state index contributed by atoms with van der Waals surface area (Å²) in [6.45, 7) is 4.48. The second-order valence-electron chi connectivity index (χ2n) is 5.13. The average Bonchev–Trinajstić information content (AvgIpc) is 2.59. The van der Waals surface area contributed by atoms with Crippen LogP contribution in [0.4, 0.5) is 0 Å². The molecule has 0 bridgehead atoms. The van der Waals surface area contributed by atoms with Crippen LogP contribution >= 0.6 is 12.2 Å². The van der Waals surface area contributed by atoms with Gasteiger partial charge in [0.1, 0.15) is 11.8 Å². The minimum atomic E-state index is -0.393. The average molecular weight is 345 g/mol. The molecule has 6 nitrogen and oxygen atoms in total. The van der Waals surface area contributed by atoms with Crippen LogP contribution in [0.3, 0.4) is 0 Å². The molecule has 0 saturated heterocycles. The summed E-state index contributed by atoms with van der Waals surface area (Å²) >= 11 is 5.41. The molecule has 0 unspecified atom stereocenters. The minimum absolute atomic E-state index is 0.0109. The first-order valence-electron chi connectivity index (χ1n) is 7.50. The van der Waals surface area contributed by atoms with E-state index in [0.717, 1.165) is 11.3 Å². The highest BCUT2D eigenvalue weighted by Crippen LogP contribution is 2.31. The van der Waals surface area contributed by atoms with E-state index in [9.17, 15) is 4.79 Å². The predicted octanol–water partition coefficient (Wildman–Crippen LogP) is 2.29. The molecular weight excluding hydrogens is 326 g/mol. The Balaban J connectivity index is 2.39. The van der Waals surface area contributed by atoms with Gasteiger partial charge in [0.25, 0.3) is 0 Å². The van der Waals surface area contributed by atoms with Crippen molar-refractivity contribution >= 4 is 23.3 Å². The molecule has 126 valence electrons. The van der Waals surface area contributed by atoms with Crippen molar-refractivity contribution in [3.63, 3.8) is 0 Å². The van der Waals surface area contributed by atoms with Gasteiger partial charge in [0, 0.05) is 12.2 Å². The summed E-state index contributed by atoms with van der Waals surface area (Å²) in [5.41, 5.74) is 2.17. The van der Waals surface area contributed by atoms with Crippen molar-refractivity contribution in [1.29, 1.82) is 5.26 Å². The molecule has 0 aromatic heterocycles. The highest BCUT2D eigenvalue weighted by Gasteiger charge is 2.33. The predicted molar refractivity (Wildman–Crippen MR) is 93.1 cm³/mol. The summed E-state index contributed by atoms with van der Waals surface area (Å²) in [4.78, 5) is 14.2. The normalized spacial score (nSPS) is 17.2. The molecule has 1 heterocycles. The van der Waals surface area contributed by atoms with Crippen LogP contribution in [0.15, 0.2) is 35.5 Å². The number of allylic oxidation sites excluding steroid dienone is 1. The zero-order valence-electron chi connectivity index (χ0n) is 13.8. The van der Waals surface area contributed by atoms with Crippen LogP contribution in [0.5, 0.6) is 5.75 Å². The quantitative estimate of drug-likeness (QED) is 0.648. The van der Waals surface area contributed by atoms with Crippen LogP contribution in [0, 0.1) is 11.3 Å². The number of hydrogen-bond acceptors (Lipinski definition) is 5. The largest absolute Gasteiger partial charge is 0.479 e. The Kier molecular flexibility index (Phi) is 5.77. The summed E-state index contributed by atoms with van der Waals surface area (Å²) in [6.07, 6.45) is 0. The molecule has 1 aromatic rings. The second kappa shape index (κ2) is 7.79. The number of carbonyl (C=O) groups excluding carboxylic acids is 1. The van der Waals surface area contributed by atoms with Crippen molar-refractivity contribution in [2.24, 2.45) is 0 Å². The Labute approximate surface area is 146 Å². The molecule has 0 amide bonds. The van der Waals surface area contributed by atoms with Gasteiger partial charge < -0.3 is 19.7 Å². The summed E-state index contributed by atoms with van der Waals surface area (Å²) < 4.78 is 10.2. The lowest BCUT2D eigenvalue weighted by Gasteiger charge is -2.36. The van der Waals surface area contributed by atoms with E-state index >= 15 is 0 Å². The third-order valence-corrected chi connectivity index (χ3v) is 4.17. The molecule has 0 fully saturated rings. The molecule has 0 radical (unpaired) electrons. The molecule has 1 atom stereocenters. The van der Waals surface area contributed by atoms with E-state index in [2.05, 4.69) is 5.32 Å². The Hall–Kier alpha value is -2.59. The van der Waals surface area contributed by atoms with E-state index in [-0.39, 0.29) is 6.61 Å². The number of ether oxygens (including phenoxy) is 2. The van der Waals surface area contributed by atoms with Gasteiger partial charge in [-0.2, -0.15) is 5.26 Å². The number of thiocarbonyl (C=S) groups is 1. The molecule has 24 heavy (non-hydrogen) atoms. The fourth-order valence-corrected chi connectivity index (χ4v) is 3.04. The number of carbonyl (C=O) groups is 1. The van der Waals surface area contributed by atoms with Crippen LogP contribution in [0.2, 0.25) is 0 Å². The van der Waals surface area contributed by atoms with E-state index < -0.39 is 12.0 Å². The number of methoxy groups -OCH3 is 1. The van der Waals surface area contributed by atoms with Crippen molar-refractivity contribution in [3.8, 4) is 11.8 Å². The maximum Gasteiger partial charge on any atom is 0.337 e. The number of hydrogen-bond donors (Lipinski definition) is 1. The van der Waals surface area contributed by atoms with E-state index in [1.807, 2.05) is 36.9 Å². The Morgan fingerprint density at radius 1 is 1.42 bits per heavy atom. The van der Waals surface area contributed by atoms with E-state index in [1.54, 1.807) is 12.1 Å². The lowest BCUT2D eigenvalue weighted by Crippen LogP contribution is -2.47. The monoisotopic (exact) mass is 345 g/mol. The number of esters is 1. The zero-order valence-corrected chi connectivity index (χ0v) is 14.6. The van der Waals surface area contributed by atoms with Crippen molar-refractivity contribution < 1.29 is 14.3 Å². The maximum absolute atomic E-state index is 12.3. The molecule has 0 spiro atoms. The third kappa shape index (κ3) is 3.49. The molecule has 7 heteroatoms. The number of nitrogens with one attached hydrogen (secondary N) is 1. The molecule has 1 aromatic carbocycles. The summed E-state index contributed by atoms with van der Waals surface area (Å²) in [7, 11) is 1.36. The lowest BCUT2D eigenvalue weighted by molar-refractivity contribution is -0.136. The van der Waals surface area contributed by atoms with Gasteiger partial charge in [0.2, 0.25) is 0 Å². The lowest BCUT2D eigenvalue weighted by atomic mass is 9.95. The van der Waals surface area contributed by atoms with Crippen LogP contribution in [0.25, 0.3) is 0 Å². The van der Waals surface area contributed by atoms with Gasteiger partial charge in [-0.1, -0.05) is 12.1 Å². The maximum atomic E-state index is 12.3. The Morgan fingerprint density at radius 3 is 2.62 bits per heavy atom. The van der Waals surface area contributed by atoms with Crippen molar-refractivity contribution in [2.45, 2.75) is 19.9 Å². The van der Waals surface area contributed by atoms with E-state index in [4.69, 9.17) is 27.0 Å². The molecule has 0 saturated carbocycles. The first-order chi connectivity index (χ1) is 11.5. The van der Waals surface area contributed by atoms with E-state index in [1.165, 1.54) is 7.11 Å². The number of nitriles is 1. The minimum Gasteiger partial charge on any atom is -0.479 e. The molecule has 1 N–H and O–H groups in total. The summed E-state index contributed by atoms with van der Waals surface area (Å²) in [6, 6.07) is 8.72. The molecule has 0 aliphatic carbocycles. The zero-order chi connectivity index (χ0) is 17.7. The second-order valence-corrected chi connectivity index (χ2v) is 5.52. The van der Waals surface area contributed by atoms with Gasteiger partial charge in [-0.05, 0) is 43.8 Å². The molecule has 2 rings (SSSR count). The van der Waals surface area contributed by atoms with Gasteiger partial charge in [0.05, 0.1) is 18.7 Å². The van der Waals surface area contributed by atoms with Crippen molar-refractivity contribution in [1.82, 2.24) is 10.2 Å². The third-order valence-electron chi connectivity index (χ3n) is 3.83. The highest BCUT2D eigenvalue weighted by molar-refractivity contribution is 7.80. The fourth-order valence-electron chi connectivity index (χ4n) is 2.66. The standard InChI is InChI=1S/C17H19N3O3S/c1-4-20-11(2)14(16(21)22-3)15(19-17(20)24)12-5-7-13(8-6-12)23-10-9-18/h5-8,15H,4,10H2,1-3H3,(H,19,24)/t15-/m0/s1. The van der Waals surface area contributed by atoms with Crippen LogP contribution in [-0.2, 0) is 9.53 Å². The van der Waals surface area contributed by atoms with Gasteiger partial charge in [-0.3, -0.25) is 0 Å². The molecule has 1 aliphatic rings. The highest BCUT2D eigenvalue weighted by atomic mass is 32.1. The van der Waals surface area contributed by atoms with Crippen LogP contribution in [-0.4, -0.2) is 36.2 Å². The Bertz CT molecular complexity index is 707. The topological polar surface area (TPSA) is 74.6 Å². The van der Waals surface area contributed by atoms with Crippen molar-refractivity contribution in [3.05, 3.63) is 41.1 Å². The Morgan fingerprint density at radius 2 is 2.08 bits per heavy atom. The first kappa shape index (κ1) is 17.8. The number of nitrogens with zero attached hydrogens (tertiary/aromatic N) is 2. The van der Waals surface area contributed by atoms with E-state index in [0.29, 0.717) is 23.0 Å². The summed E-state index contributed by atoms with van der Waals surface area (Å²) in [5, 5.41) is 12.3. The number of benzene rings is 1. The SMILES string of the molecule is CCN1C(=S)N[C@@H](c2ccc(OCC#N)cc2)C(C(=O)OC)=C1C. The van der Waals surface area contributed by atoms with Gasteiger partial charge in [0.15, 0.2) is 11.7 Å². The fraction of sp³-hybridized carbons (Fsp3) is 0.353. The van der Waals surface area contributed by atoms with Gasteiger partial charge >= 0.3 is 5.97 Å². The summed E-state index contributed by atoms with van der Waals surface area (Å²) in [5.74, 6) is 0.199. The number of rotatable bonds is 5. The van der Waals surface area contributed by atoms with Gasteiger partial charge in [-0.25, -0.2) is 4.79 Å². The van der Waals surface area contributed by atoms with Crippen molar-refractivity contribution in [2.75, 3.05) is 20.3 Å². The molecular formula is C17H19N3O3S. The van der Waals surface area contributed by atoms with Crippen LogP contribution < -0.4 is 10.1 Å². The van der Waals surface area contributed by atoms with Gasteiger partial charge in [-0.15, -0.1) is 0 Å². The smallest absolute Gasteiger partial charge is 0.337 e.